The summed E-state index contributed by atoms with van der Waals surface area (Å²) in [5.41, 5.74) is 0.856. The highest BCUT2D eigenvalue weighted by atomic mass is 32.2. The predicted octanol–water partition coefficient (Wildman–Crippen LogP) is 2.68. The smallest absolute Gasteiger partial charge is 0.309 e. The van der Waals surface area contributed by atoms with Crippen LogP contribution in [0.25, 0.3) is 6.08 Å². The number of carbonyl (C=O) groups is 2. The van der Waals surface area contributed by atoms with Crippen molar-refractivity contribution < 1.29 is 19.1 Å². The largest absolute Gasteiger partial charge is 0.466 e. The molecule has 2 aliphatic rings. The summed E-state index contributed by atoms with van der Waals surface area (Å²) in [4.78, 5) is 42.4. The van der Waals surface area contributed by atoms with Crippen molar-refractivity contribution in [2.45, 2.75) is 40.2 Å². The van der Waals surface area contributed by atoms with Crippen LogP contribution in [0.5, 0.6) is 0 Å². The second-order valence-corrected chi connectivity index (χ2v) is 9.91. The van der Waals surface area contributed by atoms with E-state index in [9.17, 15) is 19.6 Å². The molecule has 0 bridgehead atoms. The van der Waals surface area contributed by atoms with E-state index in [1.54, 1.807) is 31.6 Å². The van der Waals surface area contributed by atoms with Gasteiger partial charge in [-0.2, -0.15) is 5.26 Å². The van der Waals surface area contributed by atoms with Crippen LogP contribution < -0.4 is 10.5 Å². The molecule has 3 rings (SSSR count). The highest BCUT2D eigenvalue weighted by Gasteiger charge is 2.34. The molecule has 0 aliphatic carbocycles. The van der Waals surface area contributed by atoms with E-state index in [1.807, 2.05) is 13.0 Å². The number of nitriles is 1. The average Bonchev–Trinajstić information content (AvgIpc) is 3.11. The van der Waals surface area contributed by atoms with Crippen LogP contribution in [-0.2, 0) is 25.6 Å². The van der Waals surface area contributed by atoms with Crippen molar-refractivity contribution in [3.05, 3.63) is 31.9 Å². The minimum atomic E-state index is -0.361. The van der Waals surface area contributed by atoms with Crippen LogP contribution in [0.1, 0.15) is 43.4 Å². The van der Waals surface area contributed by atoms with E-state index < -0.39 is 0 Å². The van der Waals surface area contributed by atoms with E-state index >= 15 is 0 Å². The summed E-state index contributed by atoms with van der Waals surface area (Å²) >= 11 is 6.60. The van der Waals surface area contributed by atoms with Gasteiger partial charge in [-0.25, -0.2) is 0 Å². The number of nitrogens with zero attached hydrogens (tertiary/aromatic N) is 4. The zero-order chi connectivity index (χ0) is 25.7. The van der Waals surface area contributed by atoms with Crippen molar-refractivity contribution in [1.82, 2.24) is 9.47 Å². The number of piperidine rings is 1. The van der Waals surface area contributed by atoms with E-state index in [0.29, 0.717) is 78.4 Å². The standard InChI is InChI=1S/C24H30N4O5S2/c1-5-27-20(26-9-7-16(8-10-26)23(31)33-6-2)17(15(3)18(14-25)21(27)29)13-19-22(30)28(11-12-32-4)24(34)35-19/h13,16H,5-12H2,1-4H3/b19-13+. The number of hydrogen-bond donors (Lipinski definition) is 0. The van der Waals surface area contributed by atoms with Crippen molar-refractivity contribution in [1.29, 1.82) is 5.26 Å². The lowest BCUT2D eigenvalue weighted by molar-refractivity contribution is -0.148. The van der Waals surface area contributed by atoms with Gasteiger partial charge >= 0.3 is 5.97 Å². The van der Waals surface area contributed by atoms with Gasteiger partial charge in [0.2, 0.25) is 0 Å². The zero-order valence-corrected chi connectivity index (χ0v) is 22.1. The summed E-state index contributed by atoms with van der Waals surface area (Å²) in [7, 11) is 1.56. The summed E-state index contributed by atoms with van der Waals surface area (Å²) in [5.74, 6) is 0.0404. The van der Waals surface area contributed by atoms with Crippen LogP contribution in [0.4, 0.5) is 5.82 Å². The van der Waals surface area contributed by atoms with Crippen molar-refractivity contribution in [2.75, 3.05) is 44.9 Å². The number of esters is 1. The third-order valence-electron chi connectivity index (χ3n) is 6.25. The number of amides is 1. The number of carbonyl (C=O) groups excluding carboxylic acids is 2. The maximum atomic E-state index is 13.2. The minimum Gasteiger partial charge on any atom is -0.466 e. The van der Waals surface area contributed by atoms with Gasteiger partial charge in [-0.05, 0) is 45.3 Å². The molecule has 0 spiro atoms. The molecule has 2 fully saturated rings. The van der Waals surface area contributed by atoms with E-state index in [-0.39, 0.29) is 28.9 Å². The Balaban J connectivity index is 2.07. The molecule has 11 heteroatoms. The lowest BCUT2D eigenvalue weighted by Crippen LogP contribution is -2.41. The molecule has 0 saturated carbocycles. The van der Waals surface area contributed by atoms with Gasteiger partial charge in [-0.15, -0.1) is 0 Å². The fraction of sp³-hybridized carbons (Fsp3) is 0.542. The molecule has 1 amide bonds. The van der Waals surface area contributed by atoms with Crippen LogP contribution in [0.3, 0.4) is 0 Å². The van der Waals surface area contributed by atoms with Gasteiger partial charge in [0.1, 0.15) is 21.8 Å². The Labute approximate surface area is 214 Å². The monoisotopic (exact) mass is 518 g/mol. The average molecular weight is 519 g/mol. The number of thioether (sulfide) groups is 1. The second-order valence-electron chi connectivity index (χ2n) is 8.24. The Morgan fingerprint density at radius 1 is 1.29 bits per heavy atom. The van der Waals surface area contributed by atoms with E-state index in [0.717, 1.165) is 0 Å². The summed E-state index contributed by atoms with van der Waals surface area (Å²) < 4.78 is 12.3. The maximum Gasteiger partial charge on any atom is 0.309 e. The molecule has 1 aromatic rings. The maximum absolute atomic E-state index is 13.2. The lowest BCUT2D eigenvalue weighted by atomic mass is 9.95. The number of pyridine rings is 1. The summed E-state index contributed by atoms with van der Waals surface area (Å²) in [5, 5.41) is 9.72. The van der Waals surface area contributed by atoms with Gasteiger partial charge in [-0.3, -0.25) is 23.9 Å². The van der Waals surface area contributed by atoms with Crippen molar-refractivity contribution in [2.24, 2.45) is 5.92 Å². The minimum absolute atomic E-state index is 0.0538. The highest BCUT2D eigenvalue weighted by molar-refractivity contribution is 8.26. The zero-order valence-electron chi connectivity index (χ0n) is 20.5. The molecule has 2 aliphatic heterocycles. The van der Waals surface area contributed by atoms with Crippen LogP contribution in [0, 0.1) is 24.2 Å². The molecule has 0 unspecified atom stereocenters. The number of anilines is 1. The first-order valence-corrected chi connectivity index (χ1v) is 12.8. The second kappa shape index (κ2) is 11.8. The molecular weight excluding hydrogens is 488 g/mol. The quantitative estimate of drug-likeness (QED) is 0.292. The molecule has 0 N–H and O–H groups in total. The fourth-order valence-corrected chi connectivity index (χ4v) is 5.66. The molecule has 2 saturated heterocycles. The third kappa shape index (κ3) is 5.44. The first-order valence-electron chi connectivity index (χ1n) is 11.6. The molecular formula is C24H30N4O5S2. The molecule has 0 aromatic carbocycles. The van der Waals surface area contributed by atoms with Gasteiger partial charge in [0, 0.05) is 32.3 Å². The Hall–Kier alpha value is -2.68. The Bertz CT molecular complexity index is 1150. The van der Waals surface area contributed by atoms with E-state index in [4.69, 9.17) is 21.7 Å². The number of thiocarbonyl (C=S) groups is 1. The lowest BCUT2D eigenvalue weighted by Gasteiger charge is -2.35. The van der Waals surface area contributed by atoms with Crippen molar-refractivity contribution >= 4 is 52.1 Å². The van der Waals surface area contributed by atoms with Gasteiger partial charge in [-0.1, -0.05) is 24.0 Å². The highest BCUT2D eigenvalue weighted by Crippen LogP contribution is 2.36. The molecule has 9 nitrogen and oxygen atoms in total. The van der Waals surface area contributed by atoms with Crippen LogP contribution in [-0.4, -0.2) is 65.6 Å². The predicted molar refractivity (Wildman–Crippen MR) is 139 cm³/mol. The normalized spacial score (nSPS) is 17.9. The molecule has 188 valence electrons. The molecule has 0 atom stereocenters. The molecule has 1 aromatic heterocycles. The number of hydrogen-bond acceptors (Lipinski definition) is 9. The number of rotatable bonds is 8. The Kier molecular flexibility index (Phi) is 9.10. The van der Waals surface area contributed by atoms with E-state index in [2.05, 4.69) is 4.90 Å². The number of aromatic nitrogens is 1. The summed E-state index contributed by atoms with van der Waals surface area (Å²) in [6, 6.07) is 2.04. The summed E-state index contributed by atoms with van der Waals surface area (Å²) in [6.07, 6.45) is 2.92. The first-order chi connectivity index (χ1) is 16.8. The van der Waals surface area contributed by atoms with Crippen molar-refractivity contribution in [3.63, 3.8) is 0 Å². The van der Waals surface area contributed by atoms with Crippen LogP contribution in [0.2, 0.25) is 0 Å². The number of ether oxygens (including phenoxy) is 2. The Morgan fingerprint density at radius 2 is 1.97 bits per heavy atom. The van der Waals surface area contributed by atoms with Gasteiger partial charge in [0.05, 0.1) is 30.6 Å². The van der Waals surface area contributed by atoms with Gasteiger partial charge in [0.15, 0.2) is 0 Å². The topological polar surface area (TPSA) is 105 Å². The van der Waals surface area contributed by atoms with E-state index in [1.165, 1.54) is 16.7 Å². The first kappa shape index (κ1) is 26.9. The van der Waals surface area contributed by atoms with Crippen LogP contribution >= 0.6 is 24.0 Å². The SMILES string of the molecule is CCOC(=O)C1CCN(c2c(/C=C3/SC(=S)N(CCOC)C3=O)c(C)c(C#N)c(=O)n2CC)CC1. The number of methoxy groups -OCH3 is 1. The fourth-order valence-electron chi connectivity index (χ4n) is 4.37. The summed E-state index contributed by atoms with van der Waals surface area (Å²) in [6.45, 7) is 7.87. The van der Waals surface area contributed by atoms with Crippen molar-refractivity contribution in [3.8, 4) is 6.07 Å². The Morgan fingerprint density at radius 3 is 2.54 bits per heavy atom. The molecule has 0 radical (unpaired) electrons. The molecule has 3 heterocycles. The van der Waals surface area contributed by atoms with Gasteiger partial charge in [0.25, 0.3) is 11.5 Å². The van der Waals surface area contributed by atoms with Gasteiger partial charge < -0.3 is 14.4 Å². The van der Waals surface area contributed by atoms with Crippen LogP contribution in [0.15, 0.2) is 9.70 Å². The third-order valence-corrected chi connectivity index (χ3v) is 7.62. The molecule has 35 heavy (non-hydrogen) atoms.